The summed E-state index contributed by atoms with van der Waals surface area (Å²) in [5, 5.41) is 9.31. The first kappa shape index (κ1) is 33.8. The molecule has 6 saturated carbocycles. The molecule has 6 fully saturated rings. The highest BCUT2D eigenvalue weighted by atomic mass is 16.5. The van der Waals surface area contributed by atoms with Crippen molar-refractivity contribution >= 4 is 11.9 Å². The largest absolute Gasteiger partial charge is 0.481 e. The molecular formula is C40H67NO4. The van der Waals surface area contributed by atoms with Gasteiger partial charge in [0, 0.05) is 12.0 Å². The molecule has 2 unspecified atom stereocenters. The lowest BCUT2D eigenvalue weighted by Crippen LogP contribution is -2.66. The average molecular weight is 626 g/mol. The first-order valence-electron chi connectivity index (χ1n) is 19.1. The summed E-state index contributed by atoms with van der Waals surface area (Å²) in [7, 11) is 2.38. The molecule has 5 heteroatoms. The van der Waals surface area contributed by atoms with E-state index in [9.17, 15) is 14.7 Å². The molecule has 0 aromatic rings. The van der Waals surface area contributed by atoms with Crippen molar-refractivity contribution < 1.29 is 19.4 Å². The van der Waals surface area contributed by atoms with Gasteiger partial charge in [-0.05, 0) is 154 Å². The Hall–Kier alpha value is -1.10. The van der Waals surface area contributed by atoms with Gasteiger partial charge in [0.1, 0.15) is 6.10 Å². The molecule has 0 aromatic heterocycles. The van der Waals surface area contributed by atoms with Crippen LogP contribution in [0.15, 0.2) is 0 Å². The molecule has 0 amide bonds. The van der Waals surface area contributed by atoms with Gasteiger partial charge in [-0.2, -0.15) is 0 Å². The average Bonchev–Trinajstić information content (AvgIpc) is 3.63. The summed E-state index contributed by atoms with van der Waals surface area (Å²) in [6.45, 7) is 19.2. The van der Waals surface area contributed by atoms with E-state index in [1.54, 1.807) is 0 Å². The molecule has 45 heavy (non-hydrogen) atoms. The first-order chi connectivity index (χ1) is 21.0. The molecule has 0 aromatic carbocycles. The fourth-order valence-corrected chi connectivity index (χ4v) is 13.6. The van der Waals surface area contributed by atoms with Crippen LogP contribution in [0.4, 0.5) is 0 Å². The van der Waals surface area contributed by atoms with Gasteiger partial charge in [-0.3, -0.25) is 9.59 Å². The van der Waals surface area contributed by atoms with Crippen LogP contribution in [0.5, 0.6) is 0 Å². The number of carboxylic acid groups (broad SMARTS) is 1. The number of aliphatic carboxylic acids is 1. The normalized spacial score (nSPS) is 44.0. The number of hydrogen-bond acceptors (Lipinski definition) is 4. The summed E-state index contributed by atoms with van der Waals surface area (Å²) in [5.74, 6) is 2.97. The summed E-state index contributed by atoms with van der Waals surface area (Å²) in [5.41, 5.74) is 0.977. The van der Waals surface area contributed by atoms with Crippen molar-refractivity contribution in [3.05, 3.63) is 0 Å². The molecule has 6 aliphatic rings. The van der Waals surface area contributed by atoms with E-state index in [4.69, 9.17) is 4.74 Å². The van der Waals surface area contributed by atoms with Gasteiger partial charge in [0.05, 0.1) is 12.8 Å². The van der Waals surface area contributed by atoms with E-state index in [2.05, 4.69) is 46.6 Å². The predicted octanol–water partition coefficient (Wildman–Crippen LogP) is 9.38. The van der Waals surface area contributed by atoms with Gasteiger partial charge in [0.25, 0.3) is 0 Å². The molecule has 6 rings (SSSR count). The van der Waals surface area contributed by atoms with Crippen LogP contribution >= 0.6 is 0 Å². The zero-order valence-corrected chi connectivity index (χ0v) is 30.3. The lowest BCUT2D eigenvalue weighted by Gasteiger charge is -2.72. The van der Waals surface area contributed by atoms with Crippen molar-refractivity contribution in [1.82, 2.24) is 4.90 Å². The quantitative estimate of drug-likeness (QED) is 0.245. The minimum absolute atomic E-state index is 0.0175. The Morgan fingerprint density at radius 2 is 1.53 bits per heavy atom. The smallest absolute Gasteiger partial charge is 0.306 e. The van der Waals surface area contributed by atoms with E-state index in [-0.39, 0.29) is 35.7 Å². The monoisotopic (exact) mass is 626 g/mol. The molecule has 0 aliphatic heterocycles. The van der Waals surface area contributed by atoms with Gasteiger partial charge in [-0.1, -0.05) is 54.9 Å². The highest BCUT2D eigenvalue weighted by Crippen LogP contribution is 2.77. The lowest BCUT2D eigenvalue weighted by molar-refractivity contribution is -0.249. The van der Waals surface area contributed by atoms with Crippen LogP contribution in [-0.2, 0) is 14.3 Å². The number of fused-ring (bicyclic) bond motifs is 7. The number of carbonyl (C=O) groups excluding carboxylic acids is 1. The van der Waals surface area contributed by atoms with Gasteiger partial charge < -0.3 is 14.7 Å². The minimum Gasteiger partial charge on any atom is -0.481 e. The molecule has 9 atom stereocenters. The lowest BCUT2D eigenvalue weighted by atomic mass is 9.32. The maximum Gasteiger partial charge on any atom is 0.306 e. The SMILES string of the molecule is CN(CC[C@]12CCC[C@@H]1[C@H]1CCC3[C@@]4(C)CC[C@H](OC(=O)CC(C)(C)CC(=O)O)C(C)(C)C4CC[C@@]3(C)[C@]1(C)CC2)CC1CC1. The van der Waals surface area contributed by atoms with Crippen LogP contribution in [0.3, 0.4) is 0 Å². The molecule has 0 saturated heterocycles. The second-order valence-electron chi connectivity index (χ2n) is 19.7. The third kappa shape index (κ3) is 5.73. The maximum atomic E-state index is 13.1. The second kappa shape index (κ2) is 11.5. The standard InChI is InChI=1S/C40H67NO4/c1-35(2,24-33(42)43)25-34(44)45-32-16-18-37(5)30(36(32,3)4)15-19-39(7)31(37)14-13-28-29-10-9-17-40(29,21-20-38(28,39)6)22-23-41(8)26-27-11-12-27/h27-32H,9-26H2,1-8H3,(H,42,43)/t28-,29-,30?,31?,32+,37+,38-,39-,40-/m1/s1. The van der Waals surface area contributed by atoms with Crippen molar-refractivity contribution in [2.24, 2.45) is 62.1 Å². The summed E-state index contributed by atoms with van der Waals surface area (Å²) in [6.07, 6.45) is 19.1. The fourth-order valence-electron chi connectivity index (χ4n) is 13.6. The van der Waals surface area contributed by atoms with Crippen molar-refractivity contribution in [3.8, 4) is 0 Å². The Labute approximate surface area is 275 Å². The third-order valence-corrected chi connectivity index (χ3v) is 16.3. The number of rotatable bonds is 10. The molecule has 0 radical (unpaired) electrons. The Kier molecular flexibility index (Phi) is 8.64. The zero-order chi connectivity index (χ0) is 32.6. The first-order valence-corrected chi connectivity index (χ1v) is 19.1. The highest BCUT2D eigenvalue weighted by molar-refractivity contribution is 5.73. The Bertz CT molecular complexity index is 1140. The van der Waals surface area contributed by atoms with Crippen molar-refractivity contribution in [1.29, 1.82) is 0 Å². The number of ether oxygens (including phenoxy) is 1. The van der Waals surface area contributed by atoms with Crippen LogP contribution in [0.2, 0.25) is 0 Å². The van der Waals surface area contributed by atoms with Gasteiger partial charge in [0.15, 0.2) is 0 Å². The molecular weight excluding hydrogens is 558 g/mol. The Balaban J connectivity index is 1.17. The number of nitrogens with zero attached hydrogens (tertiary/aromatic N) is 1. The van der Waals surface area contributed by atoms with E-state index in [1.165, 1.54) is 90.1 Å². The molecule has 256 valence electrons. The van der Waals surface area contributed by atoms with Gasteiger partial charge >= 0.3 is 11.9 Å². The van der Waals surface area contributed by atoms with Crippen LogP contribution in [0.25, 0.3) is 0 Å². The predicted molar refractivity (Wildman–Crippen MR) is 181 cm³/mol. The van der Waals surface area contributed by atoms with Crippen molar-refractivity contribution in [2.45, 2.75) is 157 Å². The highest BCUT2D eigenvalue weighted by Gasteiger charge is 2.70. The third-order valence-electron chi connectivity index (χ3n) is 16.3. The summed E-state index contributed by atoms with van der Waals surface area (Å²) in [6, 6.07) is 0. The van der Waals surface area contributed by atoms with E-state index in [1.807, 2.05) is 13.8 Å². The van der Waals surface area contributed by atoms with Gasteiger partial charge in [-0.15, -0.1) is 0 Å². The molecule has 0 spiro atoms. The zero-order valence-electron chi connectivity index (χ0n) is 30.3. The number of esters is 1. The summed E-state index contributed by atoms with van der Waals surface area (Å²) < 4.78 is 6.27. The molecule has 6 aliphatic carbocycles. The number of hydrogen-bond donors (Lipinski definition) is 1. The van der Waals surface area contributed by atoms with Crippen LogP contribution in [-0.4, -0.2) is 48.2 Å². The summed E-state index contributed by atoms with van der Waals surface area (Å²) >= 11 is 0. The van der Waals surface area contributed by atoms with Gasteiger partial charge in [-0.25, -0.2) is 0 Å². The Morgan fingerprint density at radius 1 is 0.800 bits per heavy atom. The topological polar surface area (TPSA) is 66.8 Å². The van der Waals surface area contributed by atoms with Crippen molar-refractivity contribution in [2.75, 3.05) is 20.1 Å². The molecule has 1 N–H and O–H groups in total. The second-order valence-corrected chi connectivity index (χ2v) is 19.7. The van der Waals surface area contributed by atoms with E-state index >= 15 is 0 Å². The molecule has 0 heterocycles. The fraction of sp³-hybridized carbons (Fsp3) is 0.950. The summed E-state index contributed by atoms with van der Waals surface area (Å²) in [4.78, 5) is 27.2. The van der Waals surface area contributed by atoms with Crippen LogP contribution in [0.1, 0.15) is 151 Å². The molecule has 0 bridgehead atoms. The van der Waals surface area contributed by atoms with E-state index < -0.39 is 11.4 Å². The van der Waals surface area contributed by atoms with Crippen molar-refractivity contribution in [3.63, 3.8) is 0 Å². The maximum absolute atomic E-state index is 13.1. The van der Waals surface area contributed by atoms with Crippen LogP contribution < -0.4 is 0 Å². The molecule has 5 nitrogen and oxygen atoms in total. The number of carboxylic acids is 1. The van der Waals surface area contributed by atoms with Gasteiger partial charge in [0.2, 0.25) is 0 Å². The van der Waals surface area contributed by atoms with E-state index in [0.717, 1.165) is 36.5 Å². The Morgan fingerprint density at radius 3 is 2.22 bits per heavy atom. The minimum atomic E-state index is -0.858. The number of carbonyl (C=O) groups is 2. The van der Waals surface area contributed by atoms with Crippen LogP contribution in [0, 0.1) is 62.1 Å². The van der Waals surface area contributed by atoms with E-state index in [0.29, 0.717) is 22.2 Å².